The molecule has 3 nitrogen and oxygen atoms in total. The Labute approximate surface area is 122 Å². The average Bonchev–Trinajstić information content (AvgIpc) is 2.73. The van der Waals surface area contributed by atoms with Crippen LogP contribution in [-0.4, -0.2) is 18.0 Å². The highest BCUT2D eigenvalue weighted by atomic mass is 16.2. The standard InChI is InChI=1S/C17H26N2O/c1-11-5-8-15(9-6-11)19-17(20)14(4)18-16-10-7-12(2)13(16)3/h5-6,8-9,12-14,16,18H,7,10H2,1-4H3,(H,19,20). The number of benzene rings is 1. The van der Waals surface area contributed by atoms with Crippen LogP contribution in [-0.2, 0) is 4.79 Å². The molecule has 1 saturated carbocycles. The van der Waals surface area contributed by atoms with Gasteiger partial charge in [-0.25, -0.2) is 0 Å². The lowest BCUT2D eigenvalue weighted by atomic mass is 9.97. The van der Waals surface area contributed by atoms with Crippen LogP contribution in [0.25, 0.3) is 0 Å². The van der Waals surface area contributed by atoms with Crippen LogP contribution in [0.4, 0.5) is 5.69 Å². The largest absolute Gasteiger partial charge is 0.325 e. The van der Waals surface area contributed by atoms with Crippen LogP contribution in [0.15, 0.2) is 24.3 Å². The number of carbonyl (C=O) groups excluding carboxylic acids is 1. The number of hydrogen-bond donors (Lipinski definition) is 2. The normalized spacial score (nSPS) is 27.3. The number of nitrogens with one attached hydrogen (secondary N) is 2. The third-order valence-corrected chi connectivity index (χ3v) is 4.64. The molecule has 1 fully saturated rings. The Morgan fingerprint density at radius 3 is 2.40 bits per heavy atom. The van der Waals surface area contributed by atoms with Gasteiger partial charge in [-0.1, -0.05) is 31.5 Å². The second kappa shape index (κ2) is 6.40. The molecule has 0 aliphatic heterocycles. The van der Waals surface area contributed by atoms with E-state index in [4.69, 9.17) is 0 Å². The molecule has 4 unspecified atom stereocenters. The first kappa shape index (κ1) is 15.0. The lowest BCUT2D eigenvalue weighted by Gasteiger charge is -2.23. The molecule has 1 aliphatic carbocycles. The first-order valence-electron chi connectivity index (χ1n) is 7.61. The van der Waals surface area contributed by atoms with Crippen molar-refractivity contribution in [2.24, 2.45) is 11.8 Å². The quantitative estimate of drug-likeness (QED) is 0.884. The third kappa shape index (κ3) is 3.60. The van der Waals surface area contributed by atoms with Crippen LogP contribution >= 0.6 is 0 Å². The monoisotopic (exact) mass is 274 g/mol. The molecule has 0 saturated heterocycles. The molecule has 2 N–H and O–H groups in total. The molecule has 4 atom stereocenters. The van der Waals surface area contributed by atoms with Gasteiger partial charge in [0.05, 0.1) is 6.04 Å². The van der Waals surface area contributed by atoms with Crippen LogP contribution < -0.4 is 10.6 Å². The molecule has 2 rings (SSSR count). The summed E-state index contributed by atoms with van der Waals surface area (Å²) >= 11 is 0. The summed E-state index contributed by atoms with van der Waals surface area (Å²) in [5.74, 6) is 1.44. The smallest absolute Gasteiger partial charge is 0.241 e. The third-order valence-electron chi connectivity index (χ3n) is 4.64. The Balaban J connectivity index is 1.87. The van der Waals surface area contributed by atoms with Crippen molar-refractivity contribution in [3.05, 3.63) is 29.8 Å². The van der Waals surface area contributed by atoms with Crippen molar-refractivity contribution >= 4 is 11.6 Å². The lowest BCUT2D eigenvalue weighted by Crippen LogP contribution is -2.45. The zero-order chi connectivity index (χ0) is 14.7. The number of amides is 1. The van der Waals surface area contributed by atoms with Gasteiger partial charge in [0.15, 0.2) is 0 Å². The molecule has 0 heterocycles. The summed E-state index contributed by atoms with van der Waals surface area (Å²) in [6.07, 6.45) is 2.43. The maximum atomic E-state index is 12.2. The number of hydrogen-bond acceptors (Lipinski definition) is 2. The molecule has 0 bridgehead atoms. The van der Waals surface area contributed by atoms with Gasteiger partial charge in [0.25, 0.3) is 0 Å². The van der Waals surface area contributed by atoms with Crippen LogP contribution in [0, 0.1) is 18.8 Å². The van der Waals surface area contributed by atoms with Gasteiger partial charge in [0.2, 0.25) is 5.91 Å². The number of carbonyl (C=O) groups is 1. The topological polar surface area (TPSA) is 41.1 Å². The zero-order valence-electron chi connectivity index (χ0n) is 12.9. The predicted molar refractivity (Wildman–Crippen MR) is 83.8 cm³/mol. The Kier molecular flexibility index (Phi) is 4.81. The zero-order valence-corrected chi connectivity index (χ0v) is 12.9. The van der Waals surface area contributed by atoms with Crippen molar-refractivity contribution in [1.82, 2.24) is 5.32 Å². The molecule has 1 amide bonds. The van der Waals surface area contributed by atoms with E-state index < -0.39 is 0 Å². The highest BCUT2D eigenvalue weighted by Crippen LogP contribution is 2.31. The van der Waals surface area contributed by atoms with E-state index in [1.807, 2.05) is 38.1 Å². The number of anilines is 1. The molecule has 0 spiro atoms. The van der Waals surface area contributed by atoms with Gasteiger partial charge in [0.1, 0.15) is 0 Å². The van der Waals surface area contributed by atoms with Gasteiger partial charge in [-0.05, 0) is 50.7 Å². The van der Waals surface area contributed by atoms with Gasteiger partial charge in [-0.3, -0.25) is 4.79 Å². The fourth-order valence-electron chi connectivity index (χ4n) is 2.88. The fourth-order valence-corrected chi connectivity index (χ4v) is 2.88. The number of aryl methyl sites for hydroxylation is 1. The van der Waals surface area contributed by atoms with Gasteiger partial charge >= 0.3 is 0 Å². The Hall–Kier alpha value is -1.35. The van der Waals surface area contributed by atoms with Gasteiger partial charge in [-0.15, -0.1) is 0 Å². The summed E-state index contributed by atoms with van der Waals surface area (Å²) < 4.78 is 0. The lowest BCUT2D eigenvalue weighted by molar-refractivity contribution is -0.118. The van der Waals surface area contributed by atoms with E-state index >= 15 is 0 Å². The molecule has 1 aromatic carbocycles. The van der Waals surface area contributed by atoms with Crippen LogP contribution in [0.5, 0.6) is 0 Å². The molecule has 1 aromatic rings. The minimum absolute atomic E-state index is 0.0422. The molecule has 0 aromatic heterocycles. The van der Waals surface area contributed by atoms with E-state index in [0.29, 0.717) is 12.0 Å². The van der Waals surface area contributed by atoms with Crippen molar-refractivity contribution in [2.45, 2.75) is 52.6 Å². The molecular weight excluding hydrogens is 248 g/mol. The predicted octanol–water partition coefficient (Wildman–Crippen LogP) is 3.35. The number of rotatable bonds is 4. The van der Waals surface area contributed by atoms with E-state index in [2.05, 4.69) is 24.5 Å². The fraction of sp³-hybridized carbons (Fsp3) is 0.588. The van der Waals surface area contributed by atoms with Gasteiger partial charge < -0.3 is 10.6 Å². The maximum absolute atomic E-state index is 12.2. The summed E-state index contributed by atoms with van der Waals surface area (Å²) in [7, 11) is 0. The summed E-state index contributed by atoms with van der Waals surface area (Å²) in [5, 5.41) is 6.45. The first-order chi connectivity index (χ1) is 9.47. The van der Waals surface area contributed by atoms with Crippen LogP contribution in [0.3, 0.4) is 0 Å². The van der Waals surface area contributed by atoms with E-state index in [0.717, 1.165) is 11.6 Å². The second-order valence-corrected chi connectivity index (χ2v) is 6.26. The van der Waals surface area contributed by atoms with Crippen molar-refractivity contribution in [2.75, 3.05) is 5.32 Å². The summed E-state index contributed by atoms with van der Waals surface area (Å²) in [6.45, 7) is 8.56. The molecule has 0 radical (unpaired) electrons. The molecule has 1 aliphatic rings. The molecular formula is C17H26N2O. The van der Waals surface area contributed by atoms with E-state index in [-0.39, 0.29) is 11.9 Å². The maximum Gasteiger partial charge on any atom is 0.241 e. The second-order valence-electron chi connectivity index (χ2n) is 6.26. The van der Waals surface area contributed by atoms with Gasteiger partial charge in [0, 0.05) is 11.7 Å². The molecule has 110 valence electrons. The average molecular weight is 274 g/mol. The van der Waals surface area contributed by atoms with Crippen molar-refractivity contribution in [1.29, 1.82) is 0 Å². The van der Waals surface area contributed by atoms with Crippen molar-refractivity contribution < 1.29 is 4.79 Å². The van der Waals surface area contributed by atoms with E-state index in [1.54, 1.807) is 0 Å². The minimum Gasteiger partial charge on any atom is -0.325 e. The minimum atomic E-state index is -0.158. The van der Waals surface area contributed by atoms with Crippen LogP contribution in [0.2, 0.25) is 0 Å². The molecule has 3 heteroatoms. The Morgan fingerprint density at radius 2 is 1.85 bits per heavy atom. The first-order valence-corrected chi connectivity index (χ1v) is 7.61. The van der Waals surface area contributed by atoms with Crippen molar-refractivity contribution in [3.63, 3.8) is 0 Å². The summed E-state index contributed by atoms with van der Waals surface area (Å²) in [5.41, 5.74) is 2.06. The van der Waals surface area contributed by atoms with E-state index in [9.17, 15) is 4.79 Å². The highest BCUT2D eigenvalue weighted by molar-refractivity contribution is 5.94. The van der Waals surface area contributed by atoms with Gasteiger partial charge in [-0.2, -0.15) is 0 Å². The SMILES string of the molecule is Cc1ccc(NC(=O)C(C)NC2CCC(C)C2C)cc1. The van der Waals surface area contributed by atoms with Crippen molar-refractivity contribution in [3.8, 4) is 0 Å². The summed E-state index contributed by atoms with van der Waals surface area (Å²) in [6, 6.07) is 8.21. The van der Waals surface area contributed by atoms with E-state index in [1.165, 1.54) is 18.4 Å². The highest BCUT2D eigenvalue weighted by Gasteiger charge is 2.31. The molecule has 20 heavy (non-hydrogen) atoms. The van der Waals surface area contributed by atoms with Crippen LogP contribution in [0.1, 0.15) is 39.2 Å². The Bertz CT molecular complexity index is 455. The summed E-state index contributed by atoms with van der Waals surface area (Å²) in [4.78, 5) is 12.2. The Morgan fingerprint density at radius 1 is 1.20 bits per heavy atom.